The maximum Gasteiger partial charge on any atom is 0.325 e. The predicted molar refractivity (Wildman–Crippen MR) is 95.1 cm³/mol. The van der Waals surface area contributed by atoms with Crippen LogP contribution in [-0.4, -0.2) is 34.9 Å². The summed E-state index contributed by atoms with van der Waals surface area (Å²) in [6.07, 6.45) is 1.23. The number of ether oxygens (including phenoxy) is 2. The first-order chi connectivity index (χ1) is 12.5. The quantitative estimate of drug-likeness (QED) is 0.542. The van der Waals surface area contributed by atoms with Gasteiger partial charge in [-0.3, -0.25) is 14.4 Å². The molecule has 7 nitrogen and oxygen atoms in total. The Kier molecular flexibility index (Phi) is 6.91. The molecule has 0 fully saturated rings. The second-order valence-electron chi connectivity index (χ2n) is 5.29. The average Bonchev–Trinajstić information content (AvgIpc) is 2.62. The lowest BCUT2D eigenvalue weighted by molar-refractivity contribution is -0.157. The van der Waals surface area contributed by atoms with Gasteiger partial charge in [0.05, 0.1) is 36.5 Å². The Morgan fingerprint density at radius 3 is 2.23 bits per heavy atom. The number of rotatable bonds is 7. The minimum atomic E-state index is -1.56. The maximum absolute atomic E-state index is 12.9. The molecule has 0 aliphatic heterocycles. The number of carbonyl (C=O) groups is 2. The smallest absolute Gasteiger partial charge is 0.325 e. The van der Waals surface area contributed by atoms with Crippen molar-refractivity contribution in [2.75, 3.05) is 13.2 Å². The van der Waals surface area contributed by atoms with Crippen molar-refractivity contribution in [3.05, 3.63) is 63.0 Å². The maximum atomic E-state index is 12.9. The molecular formula is C18H19ClN2O5. The molecule has 0 saturated carbocycles. The largest absolute Gasteiger partial charge is 0.465 e. The molecule has 0 aliphatic rings. The molecule has 0 radical (unpaired) electrons. The van der Waals surface area contributed by atoms with Gasteiger partial charge in [0, 0.05) is 0 Å². The van der Waals surface area contributed by atoms with Crippen molar-refractivity contribution in [2.45, 2.75) is 26.3 Å². The fourth-order valence-electron chi connectivity index (χ4n) is 2.40. The van der Waals surface area contributed by atoms with E-state index in [0.29, 0.717) is 0 Å². The minimum absolute atomic E-state index is 0.0512. The molecule has 26 heavy (non-hydrogen) atoms. The standard InChI is InChI=1S/C18H19ClN2O5/c1-3-25-17(23)15(18(24)26-4-2)14-13(19)10-20-21(16(14)22)11-12-8-6-5-7-9-12/h5-10,15H,3-4,11H2,1-2H3. The summed E-state index contributed by atoms with van der Waals surface area (Å²) in [5, 5.41) is 3.90. The van der Waals surface area contributed by atoms with Gasteiger partial charge in [-0.25, -0.2) is 4.68 Å². The van der Waals surface area contributed by atoms with Crippen LogP contribution in [0.2, 0.25) is 5.02 Å². The zero-order valence-electron chi connectivity index (χ0n) is 14.5. The highest BCUT2D eigenvalue weighted by molar-refractivity contribution is 6.31. The van der Waals surface area contributed by atoms with Gasteiger partial charge in [0.15, 0.2) is 5.92 Å². The SMILES string of the molecule is CCOC(=O)C(C(=O)OCC)c1c(Cl)cnn(Cc2ccccc2)c1=O. The molecule has 1 aromatic carbocycles. The van der Waals surface area contributed by atoms with Crippen LogP contribution in [0.25, 0.3) is 0 Å². The van der Waals surface area contributed by atoms with Crippen LogP contribution in [0.5, 0.6) is 0 Å². The lowest BCUT2D eigenvalue weighted by Crippen LogP contribution is -2.35. The Bertz CT molecular complexity index is 817. The fourth-order valence-corrected chi connectivity index (χ4v) is 2.63. The number of esters is 2. The zero-order valence-corrected chi connectivity index (χ0v) is 15.2. The molecule has 0 N–H and O–H groups in total. The molecule has 1 aromatic heterocycles. The highest BCUT2D eigenvalue weighted by Gasteiger charge is 2.36. The zero-order chi connectivity index (χ0) is 19.1. The topological polar surface area (TPSA) is 87.5 Å². The van der Waals surface area contributed by atoms with Gasteiger partial charge in [0.2, 0.25) is 0 Å². The number of carbonyl (C=O) groups excluding carboxylic acids is 2. The Labute approximate surface area is 155 Å². The third-order valence-corrected chi connectivity index (χ3v) is 3.84. The molecule has 2 aromatic rings. The summed E-state index contributed by atoms with van der Waals surface area (Å²) >= 11 is 6.10. The lowest BCUT2D eigenvalue weighted by Gasteiger charge is -2.16. The van der Waals surface area contributed by atoms with Gasteiger partial charge in [-0.2, -0.15) is 5.10 Å². The van der Waals surface area contributed by atoms with Crippen LogP contribution in [0.3, 0.4) is 0 Å². The van der Waals surface area contributed by atoms with Gasteiger partial charge in [0.25, 0.3) is 5.56 Å². The molecule has 0 atom stereocenters. The summed E-state index contributed by atoms with van der Waals surface area (Å²) in [6, 6.07) is 9.17. The van der Waals surface area contributed by atoms with E-state index in [9.17, 15) is 14.4 Å². The summed E-state index contributed by atoms with van der Waals surface area (Å²) < 4.78 is 11.0. The summed E-state index contributed by atoms with van der Waals surface area (Å²) in [5.74, 6) is -3.33. The summed E-state index contributed by atoms with van der Waals surface area (Å²) in [4.78, 5) is 37.4. The van der Waals surface area contributed by atoms with Crippen LogP contribution < -0.4 is 5.56 Å². The average molecular weight is 379 g/mol. The molecule has 138 valence electrons. The van der Waals surface area contributed by atoms with Crippen LogP contribution in [0.15, 0.2) is 41.3 Å². The summed E-state index contributed by atoms with van der Waals surface area (Å²) in [5.41, 5.74) is -0.0128. The first-order valence-corrected chi connectivity index (χ1v) is 8.50. The molecule has 1 heterocycles. The number of aromatic nitrogens is 2. The fraction of sp³-hybridized carbons (Fsp3) is 0.333. The van der Waals surface area contributed by atoms with E-state index in [0.717, 1.165) is 10.2 Å². The number of benzene rings is 1. The summed E-state index contributed by atoms with van der Waals surface area (Å²) in [6.45, 7) is 3.47. The third-order valence-electron chi connectivity index (χ3n) is 3.54. The van der Waals surface area contributed by atoms with E-state index in [-0.39, 0.29) is 30.3 Å². The Balaban J connectivity index is 2.50. The molecule has 0 bridgehead atoms. The molecule has 0 aliphatic carbocycles. The molecule has 2 rings (SSSR count). The lowest BCUT2D eigenvalue weighted by atomic mass is 10.0. The molecular weight excluding hydrogens is 360 g/mol. The van der Waals surface area contributed by atoms with Crippen LogP contribution in [0.1, 0.15) is 30.9 Å². The number of hydrogen-bond donors (Lipinski definition) is 0. The molecule has 0 spiro atoms. The van der Waals surface area contributed by atoms with Crippen LogP contribution in [0.4, 0.5) is 0 Å². The van der Waals surface area contributed by atoms with E-state index in [2.05, 4.69) is 5.10 Å². The first-order valence-electron chi connectivity index (χ1n) is 8.12. The molecule has 0 unspecified atom stereocenters. The van der Waals surface area contributed by atoms with Crippen LogP contribution in [0, 0.1) is 0 Å². The van der Waals surface area contributed by atoms with Crippen LogP contribution in [-0.2, 0) is 25.6 Å². The van der Waals surface area contributed by atoms with Crippen molar-refractivity contribution in [1.29, 1.82) is 0 Å². The Hall–Kier alpha value is -2.67. The van der Waals surface area contributed by atoms with Gasteiger partial charge in [0.1, 0.15) is 0 Å². The minimum Gasteiger partial charge on any atom is -0.465 e. The van der Waals surface area contributed by atoms with E-state index in [1.54, 1.807) is 13.8 Å². The van der Waals surface area contributed by atoms with E-state index in [4.69, 9.17) is 21.1 Å². The second-order valence-corrected chi connectivity index (χ2v) is 5.70. The van der Waals surface area contributed by atoms with Gasteiger partial charge in [-0.1, -0.05) is 41.9 Å². The van der Waals surface area contributed by atoms with Crippen molar-refractivity contribution < 1.29 is 19.1 Å². The monoisotopic (exact) mass is 378 g/mol. The van der Waals surface area contributed by atoms with Gasteiger partial charge in [-0.05, 0) is 19.4 Å². The van der Waals surface area contributed by atoms with E-state index >= 15 is 0 Å². The van der Waals surface area contributed by atoms with Crippen molar-refractivity contribution in [1.82, 2.24) is 9.78 Å². The second kappa shape index (κ2) is 9.15. The van der Waals surface area contributed by atoms with Crippen molar-refractivity contribution in [2.24, 2.45) is 0 Å². The van der Waals surface area contributed by atoms with Gasteiger partial charge in [-0.15, -0.1) is 0 Å². The highest BCUT2D eigenvalue weighted by Crippen LogP contribution is 2.23. The molecule has 0 saturated heterocycles. The normalized spacial score (nSPS) is 10.6. The van der Waals surface area contributed by atoms with E-state index < -0.39 is 23.4 Å². The van der Waals surface area contributed by atoms with Crippen molar-refractivity contribution >= 4 is 23.5 Å². The number of hydrogen-bond acceptors (Lipinski definition) is 6. The van der Waals surface area contributed by atoms with Crippen LogP contribution >= 0.6 is 11.6 Å². The van der Waals surface area contributed by atoms with Gasteiger partial charge < -0.3 is 9.47 Å². The number of nitrogens with zero attached hydrogens (tertiary/aromatic N) is 2. The van der Waals surface area contributed by atoms with E-state index in [1.807, 2.05) is 30.3 Å². The third kappa shape index (κ3) is 4.49. The Morgan fingerprint density at radius 1 is 1.12 bits per heavy atom. The highest BCUT2D eigenvalue weighted by atomic mass is 35.5. The van der Waals surface area contributed by atoms with E-state index in [1.165, 1.54) is 6.20 Å². The number of halogens is 1. The first kappa shape index (κ1) is 19.7. The summed E-state index contributed by atoms with van der Waals surface area (Å²) in [7, 11) is 0. The molecule has 0 amide bonds. The van der Waals surface area contributed by atoms with Crippen molar-refractivity contribution in [3.63, 3.8) is 0 Å². The van der Waals surface area contributed by atoms with Crippen molar-refractivity contribution in [3.8, 4) is 0 Å². The Morgan fingerprint density at radius 2 is 1.69 bits per heavy atom. The van der Waals surface area contributed by atoms with Gasteiger partial charge >= 0.3 is 11.9 Å². The molecule has 8 heteroatoms. The predicted octanol–water partition coefficient (Wildman–Crippen LogP) is 2.15.